The third-order valence-corrected chi connectivity index (χ3v) is 2.83. The Kier molecular flexibility index (Phi) is 3.79. The standard InChI is InChI=1S/C14H11ClN2O2/c1-18-14-6-5-9(7-12(14)17)19-13-4-2-3-11(15)10(13)8-16/h2-7H,17H2,1H3. The van der Waals surface area contributed by atoms with E-state index >= 15 is 0 Å². The summed E-state index contributed by atoms with van der Waals surface area (Å²) in [5.41, 5.74) is 6.54. The van der Waals surface area contributed by atoms with Gasteiger partial charge >= 0.3 is 0 Å². The monoisotopic (exact) mass is 274 g/mol. The van der Waals surface area contributed by atoms with E-state index in [0.717, 1.165) is 0 Å². The van der Waals surface area contributed by atoms with Crippen molar-refractivity contribution < 1.29 is 9.47 Å². The lowest BCUT2D eigenvalue weighted by atomic mass is 10.2. The highest BCUT2D eigenvalue weighted by molar-refractivity contribution is 6.31. The van der Waals surface area contributed by atoms with Crippen molar-refractivity contribution in [2.75, 3.05) is 12.8 Å². The molecule has 2 aromatic carbocycles. The van der Waals surface area contributed by atoms with Crippen LogP contribution in [0, 0.1) is 11.3 Å². The summed E-state index contributed by atoms with van der Waals surface area (Å²) in [6.45, 7) is 0. The highest BCUT2D eigenvalue weighted by Crippen LogP contribution is 2.32. The zero-order valence-electron chi connectivity index (χ0n) is 10.2. The van der Waals surface area contributed by atoms with Crippen LogP contribution in [0.1, 0.15) is 5.56 Å². The van der Waals surface area contributed by atoms with Crippen molar-refractivity contribution in [1.29, 1.82) is 5.26 Å². The molecular formula is C14H11ClN2O2. The van der Waals surface area contributed by atoms with Gasteiger partial charge in [0.15, 0.2) is 0 Å². The van der Waals surface area contributed by atoms with Crippen molar-refractivity contribution in [3.8, 4) is 23.3 Å². The van der Waals surface area contributed by atoms with E-state index in [2.05, 4.69) is 0 Å². The zero-order valence-corrected chi connectivity index (χ0v) is 10.9. The lowest BCUT2D eigenvalue weighted by Crippen LogP contribution is -1.94. The normalized spacial score (nSPS) is 9.74. The molecule has 0 aliphatic carbocycles. The molecule has 0 aliphatic rings. The Hall–Kier alpha value is -2.38. The van der Waals surface area contributed by atoms with Gasteiger partial charge in [0.25, 0.3) is 0 Å². The summed E-state index contributed by atoms with van der Waals surface area (Å²) >= 11 is 5.93. The van der Waals surface area contributed by atoms with Gasteiger partial charge in [0.2, 0.25) is 0 Å². The Morgan fingerprint density at radius 1 is 1.21 bits per heavy atom. The number of methoxy groups -OCH3 is 1. The van der Waals surface area contributed by atoms with Crippen molar-refractivity contribution in [3.05, 3.63) is 47.0 Å². The number of ether oxygens (including phenoxy) is 2. The molecule has 0 unspecified atom stereocenters. The number of nitrogens with zero attached hydrogens (tertiary/aromatic N) is 1. The van der Waals surface area contributed by atoms with Crippen LogP contribution in [0.15, 0.2) is 36.4 Å². The molecule has 2 N–H and O–H groups in total. The molecule has 0 aliphatic heterocycles. The summed E-state index contributed by atoms with van der Waals surface area (Å²) in [4.78, 5) is 0. The molecule has 0 fully saturated rings. The maximum atomic E-state index is 9.05. The molecule has 0 bridgehead atoms. The molecule has 2 rings (SSSR count). The van der Waals surface area contributed by atoms with E-state index in [0.29, 0.717) is 33.5 Å². The van der Waals surface area contributed by atoms with E-state index in [1.807, 2.05) is 6.07 Å². The zero-order chi connectivity index (χ0) is 13.8. The number of halogens is 1. The Labute approximate surface area is 115 Å². The van der Waals surface area contributed by atoms with Gasteiger partial charge < -0.3 is 15.2 Å². The Bertz CT molecular complexity index is 650. The predicted molar refractivity (Wildman–Crippen MR) is 73.6 cm³/mol. The topological polar surface area (TPSA) is 68.3 Å². The molecule has 19 heavy (non-hydrogen) atoms. The van der Waals surface area contributed by atoms with Gasteiger partial charge in [-0.2, -0.15) is 5.26 Å². The van der Waals surface area contributed by atoms with Gasteiger partial charge in [-0.1, -0.05) is 17.7 Å². The third kappa shape index (κ3) is 2.72. The molecule has 0 heterocycles. The summed E-state index contributed by atoms with van der Waals surface area (Å²) in [5.74, 6) is 1.47. The summed E-state index contributed by atoms with van der Waals surface area (Å²) in [6.07, 6.45) is 0. The molecule has 0 saturated carbocycles. The third-order valence-electron chi connectivity index (χ3n) is 2.52. The SMILES string of the molecule is COc1ccc(Oc2cccc(Cl)c2C#N)cc1N. The van der Waals surface area contributed by atoms with Gasteiger partial charge in [-0.25, -0.2) is 0 Å². The molecule has 96 valence electrons. The van der Waals surface area contributed by atoms with E-state index in [1.54, 1.807) is 36.4 Å². The molecule has 0 atom stereocenters. The van der Waals surface area contributed by atoms with E-state index in [9.17, 15) is 0 Å². The second-order valence-electron chi connectivity index (χ2n) is 3.73. The summed E-state index contributed by atoms with van der Waals surface area (Å²) in [7, 11) is 1.54. The van der Waals surface area contributed by atoms with Crippen LogP contribution in [0.25, 0.3) is 0 Å². The Balaban J connectivity index is 2.34. The van der Waals surface area contributed by atoms with Gasteiger partial charge in [0, 0.05) is 6.07 Å². The molecule has 0 radical (unpaired) electrons. The van der Waals surface area contributed by atoms with Crippen LogP contribution in [-0.4, -0.2) is 7.11 Å². The first-order chi connectivity index (χ1) is 9.15. The number of nitrogen functional groups attached to an aromatic ring is 1. The van der Waals surface area contributed by atoms with E-state index in [1.165, 1.54) is 7.11 Å². The number of nitrogens with two attached hydrogens (primary N) is 1. The second kappa shape index (κ2) is 5.51. The first kappa shape index (κ1) is 13.1. The van der Waals surface area contributed by atoms with Gasteiger partial charge in [-0.15, -0.1) is 0 Å². The number of hydrogen-bond donors (Lipinski definition) is 1. The second-order valence-corrected chi connectivity index (χ2v) is 4.14. The van der Waals surface area contributed by atoms with E-state index < -0.39 is 0 Å². The first-order valence-electron chi connectivity index (χ1n) is 5.45. The smallest absolute Gasteiger partial charge is 0.146 e. The van der Waals surface area contributed by atoms with Crippen molar-refractivity contribution in [2.24, 2.45) is 0 Å². The minimum absolute atomic E-state index is 0.290. The Morgan fingerprint density at radius 2 is 2.00 bits per heavy atom. The van der Waals surface area contributed by atoms with Crippen molar-refractivity contribution in [1.82, 2.24) is 0 Å². The molecule has 0 saturated heterocycles. The van der Waals surface area contributed by atoms with Crippen molar-refractivity contribution >= 4 is 17.3 Å². The predicted octanol–water partition coefficient (Wildman–Crippen LogP) is 3.59. The van der Waals surface area contributed by atoms with Crippen LogP contribution in [0.2, 0.25) is 5.02 Å². The first-order valence-corrected chi connectivity index (χ1v) is 5.83. The number of anilines is 1. The number of nitriles is 1. The number of benzene rings is 2. The highest BCUT2D eigenvalue weighted by Gasteiger charge is 2.09. The number of hydrogen-bond acceptors (Lipinski definition) is 4. The molecule has 0 spiro atoms. The van der Waals surface area contributed by atoms with Crippen LogP contribution in [0.3, 0.4) is 0 Å². The quantitative estimate of drug-likeness (QED) is 0.869. The van der Waals surface area contributed by atoms with Crippen molar-refractivity contribution in [3.63, 3.8) is 0 Å². The molecule has 0 aromatic heterocycles. The van der Waals surface area contributed by atoms with Gasteiger partial charge in [0.05, 0.1) is 17.8 Å². The van der Waals surface area contributed by atoms with Gasteiger partial charge in [-0.3, -0.25) is 0 Å². The highest BCUT2D eigenvalue weighted by atomic mass is 35.5. The largest absolute Gasteiger partial charge is 0.495 e. The van der Waals surface area contributed by atoms with E-state index in [4.69, 9.17) is 32.1 Å². The van der Waals surface area contributed by atoms with Crippen LogP contribution >= 0.6 is 11.6 Å². The minimum Gasteiger partial charge on any atom is -0.495 e. The fraction of sp³-hybridized carbons (Fsp3) is 0.0714. The molecule has 5 heteroatoms. The van der Waals surface area contributed by atoms with Crippen LogP contribution < -0.4 is 15.2 Å². The van der Waals surface area contributed by atoms with Gasteiger partial charge in [0.1, 0.15) is 28.9 Å². The summed E-state index contributed by atoms with van der Waals surface area (Å²) < 4.78 is 10.7. The summed E-state index contributed by atoms with van der Waals surface area (Å²) in [6, 6.07) is 12.1. The van der Waals surface area contributed by atoms with E-state index in [-0.39, 0.29) is 0 Å². The lowest BCUT2D eigenvalue weighted by molar-refractivity contribution is 0.415. The van der Waals surface area contributed by atoms with Gasteiger partial charge in [-0.05, 0) is 24.3 Å². The maximum absolute atomic E-state index is 9.05. The molecule has 0 amide bonds. The molecule has 2 aromatic rings. The van der Waals surface area contributed by atoms with Crippen LogP contribution in [-0.2, 0) is 0 Å². The minimum atomic E-state index is 0.290. The van der Waals surface area contributed by atoms with Crippen molar-refractivity contribution in [2.45, 2.75) is 0 Å². The molecular weight excluding hydrogens is 264 g/mol. The average Bonchev–Trinajstić information content (AvgIpc) is 2.39. The summed E-state index contributed by atoms with van der Waals surface area (Å²) in [5, 5.41) is 9.40. The van der Waals surface area contributed by atoms with Crippen LogP contribution in [0.5, 0.6) is 17.2 Å². The average molecular weight is 275 g/mol. The lowest BCUT2D eigenvalue weighted by Gasteiger charge is -2.10. The maximum Gasteiger partial charge on any atom is 0.146 e. The fourth-order valence-corrected chi connectivity index (χ4v) is 1.81. The van der Waals surface area contributed by atoms with Crippen LogP contribution in [0.4, 0.5) is 5.69 Å². The fourth-order valence-electron chi connectivity index (χ4n) is 1.60. The molecule has 4 nitrogen and oxygen atoms in total. The number of rotatable bonds is 3. The Morgan fingerprint density at radius 3 is 2.63 bits per heavy atom.